The Balaban J connectivity index is 2.14. The summed E-state index contributed by atoms with van der Waals surface area (Å²) in [6.45, 7) is 2.19. The van der Waals surface area contributed by atoms with Crippen LogP contribution in [0.1, 0.15) is 21.5 Å². The third-order valence-electron chi connectivity index (χ3n) is 2.91. The number of anilines is 1. The smallest absolute Gasteiger partial charge is 0.257 e. The van der Waals surface area contributed by atoms with E-state index in [0.29, 0.717) is 22.8 Å². The van der Waals surface area contributed by atoms with E-state index in [0.717, 1.165) is 11.1 Å². The summed E-state index contributed by atoms with van der Waals surface area (Å²) in [5.74, 6) is 5.47. The van der Waals surface area contributed by atoms with Crippen LogP contribution in [0.3, 0.4) is 0 Å². The first-order chi connectivity index (χ1) is 10.1. The maximum absolute atomic E-state index is 12.2. The number of hydrogen-bond donors (Lipinski definition) is 2. The van der Waals surface area contributed by atoms with Crippen molar-refractivity contribution in [2.75, 3.05) is 11.9 Å². The average molecular weight is 299 g/mol. The quantitative estimate of drug-likeness (QED) is 0.837. The molecular weight excluding hydrogens is 284 g/mol. The maximum atomic E-state index is 12.2. The van der Waals surface area contributed by atoms with E-state index in [2.05, 4.69) is 17.2 Å². The first-order valence-corrected chi connectivity index (χ1v) is 6.85. The molecule has 0 fully saturated rings. The monoisotopic (exact) mass is 298 g/mol. The number of carbonyl (C=O) groups is 1. The van der Waals surface area contributed by atoms with Gasteiger partial charge in [-0.2, -0.15) is 0 Å². The summed E-state index contributed by atoms with van der Waals surface area (Å²) in [7, 11) is 0. The molecule has 0 aromatic heterocycles. The second-order valence-electron chi connectivity index (χ2n) is 4.47. The molecule has 0 aliphatic heterocycles. The zero-order valence-electron chi connectivity index (χ0n) is 11.6. The van der Waals surface area contributed by atoms with Crippen LogP contribution in [-0.4, -0.2) is 12.5 Å². The zero-order chi connectivity index (χ0) is 15.2. The SMILES string of the molecule is Cc1cccc(C(=O)Nc2ccc(C#CCN)cc2)c1Cl. The molecule has 21 heavy (non-hydrogen) atoms. The second kappa shape index (κ2) is 6.94. The van der Waals surface area contributed by atoms with Gasteiger partial charge < -0.3 is 11.1 Å². The van der Waals surface area contributed by atoms with Crippen LogP contribution in [-0.2, 0) is 0 Å². The fourth-order valence-corrected chi connectivity index (χ4v) is 2.02. The van der Waals surface area contributed by atoms with Crippen LogP contribution >= 0.6 is 11.6 Å². The summed E-state index contributed by atoms with van der Waals surface area (Å²) in [5, 5.41) is 3.29. The Morgan fingerprint density at radius 1 is 1.24 bits per heavy atom. The van der Waals surface area contributed by atoms with Crippen LogP contribution in [0.2, 0.25) is 5.02 Å². The molecule has 1 amide bonds. The molecule has 0 radical (unpaired) electrons. The summed E-state index contributed by atoms with van der Waals surface area (Å²) in [5.41, 5.74) is 8.20. The molecule has 0 saturated carbocycles. The van der Waals surface area contributed by atoms with Crippen molar-refractivity contribution in [1.29, 1.82) is 0 Å². The molecule has 0 aliphatic carbocycles. The summed E-state index contributed by atoms with van der Waals surface area (Å²) in [4.78, 5) is 12.2. The number of nitrogens with one attached hydrogen (secondary N) is 1. The van der Waals surface area contributed by atoms with Crippen molar-refractivity contribution >= 4 is 23.2 Å². The first-order valence-electron chi connectivity index (χ1n) is 6.47. The summed E-state index contributed by atoms with van der Waals surface area (Å²) in [6, 6.07) is 12.6. The lowest BCUT2D eigenvalue weighted by Gasteiger charge is -2.08. The molecule has 2 rings (SSSR count). The van der Waals surface area contributed by atoms with Gasteiger partial charge in [-0.3, -0.25) is 4.79 Å². The minimum Gasteiger partial charge on any atom is -0.322 e. The van der Waals surface area contributed by atoms with E-state index in [1.54, 1.807) is 18.2 Å². The second-order valence-corrected chi connectivity index (χ2v) is 4.85. The van der Waals surface area contributed by atoms with E-state index in [-0.39, 0.29) is 5.91 Å². The standard InChI is InChI=1S/C17H15ClN2O/c1-12-4-2-6-15(16(12)18)17(21)20-14-9-7-13(8-10-14)5-3-11-19/h2,4,6-10H,11,19H2,1H3,(H,20,21). The minimum absolute atomic E-state index is 0.232. The van der Waals surface area contributed by atoms with Gasteiger partial charge >= 0.3 is 0 Å². The molecule has 0 saturated heterocycles. The van der Waals surface area contributed by atoms with Gasteiger partial charge in [0.25, 0.3) is 5.91 Å². The van der Waals surface area contributed by atoms with Gasteiger partial charge in [-0.25, -0.2) is 0 Å². The van der Waals surface area contributed by atoms with Crippen LogP contribution in [0.5, 0.6) is 0 Å². The largest absolute Gasteiger partial charge is 0.322 e. The third-order valence-corrected chi connectivity index (χ3v) is 3.42. The van der Waals surface area contributed by atoms with Crippen LogP contribution in [0.15, 0.2) is 42.5 Å². The normalized spacial score (nSPS) is 9.67. The molecule has 3 nitrogen and oxygen atoms in total. The van der Waals surface area contributed by atoms with Crippen LogP contribution < -0.4 is 11.1 Å². The van der Waals surface area contributed by atoms with Gasteiger partial charge in [0.2, 0.25) is 0 Å². The Bertz CT molecular complexity index is 712. The number of hydrogen-bond acceptors (Lipinski definition) is 2. The molecule has 3 N–H and O–H groups in total. The van der Waals surface area contributed by atoms with E-state index in [1.165, 1.54) is 0 Å². The topological polar surface area (TPSA) is 55.1 Å². The van der Waals surface area contributed by atoms with E-state index in [9.17, 15) is 4.79 Å². The van der Waals surface area contributed by atoms with Crippen LogP contribution in [0, 0.1) is 18.8 Å². The van der Waals surface area contributed by atoms with Gasteiger partial charge in [0.15, 0.2) is 0 Å². The lowest BCUT2D eigenvalue weighted by molar-refractivity contribution is 0.102. The molecule has 0 spiro atoms. The van der Waals surface area contributed by atoms with Gasteiger partial charge in [-0.05, 0) is 42.8 Å². The molecule has 0 bridgehead atoms. The number of aryl methyl sites for hydroxylation is 1. The number of rotatable bonds is 2. The lowest BCUT2D eigenvalue weighted by Crippen LogP contribution is -2.12. The number of nitrogens with two attached hydrogens (primary N) is 1. The van der Waals surface area contributed by atoms with Gasteiger partial charge in [0, 0.05) is 11.3 Å². The molecule has 0 heterocycles. The molecule has 0 unspecified atom stereocenters. The van der Waals surface area contributed by atoms with Crippen molar-refractivity contribution in [2.45, 2.75) is 6.92 Å². The fourth-order valence-electron chi connectivity index (χ4n) is 1.81. The minimum atomic E-state index is -0.232. The Labute approximate surface area is 129 Å². The highest BCUT2D eigenvalue weighted by Crippen LogP contribution is 2.21. The number of carbonyl (C=O) groups excluding carboxylic acids is 1. The molecular formula is C17H15ClN2O. The third kappa shape index (κ3) is 3.85. The van der Waals surface area contributed by atoms with E-state index >= 15 is 0 Å². The molecule has 2 aromatic carbocycles. The van der Waals surface area contributed by atoms with Crippen molar-refractivity contribution in [3.63, 3.8) is 0 Å². The molecule has 2 aromatic rings. The average Bonchev–Trinajstić information content (AvgIpc) is 2.49. The van der Waals surface area contributed by atoms with Crippen LogP contribution in [0.4, 0.5) is 5.69 Å². The van der Waals surface area contributed by atoms with E-state index in [4.69, 9.17) is 17.3 Å². The number of amides is 1. The Morgan fingerprint density at radius 3 is 2.62 bits per heavy atom. The fraction of sp³-hybridized carbons (Fsp3) is 0.118. The van der Waals surface area contributed by atoms with Gasteiger partial charge in [0.1, 0.15) is 0 Å². The molecule has 0 aliphatic rings. The van der Waals surface area contributed by atoms with Gasteiger partial charge in [0.05, 0.1) is 17.1 Å². The summed E-state index contributed by atoms with van der Waals surface area (Å²) >= 11 is 6.15. The van der Waals surface area contributed by atoms with E-state index in [1.807, 2.05) is 31.2 Å². The van der Waals surface area contributed by atoms with Crippen molar-refractivity contribution < 1.29 is 4.79 Å². The highest BCUT2D eigenvalue weighted by atomic mass is 35.5. The Kier molecular flexibility index (Phi) is 4.99. The predicted octanol–water partition coefficient (Wildman–Crippen LogP) is 3.21. The van der Waals surface area contributed by atoms with Crippen molar-refractivity contribution in [1.82, 2.24) is 0 Å². The Hall–Kier alpha value is -2.28. The first kappa shape index (κ1) is 15.1. The van der Waals surface area contributed by atoms with Gasteiger partial charge in [-0.1, -0.05) is 35.6 Å². The number of benzene rings is 2. The number of halogens is 1. The summed E-state index contributed by atoms with van der Waals surface area (Å²) < 4.78 is 0. The lowest BCUT2D eigenvalue weighted by atomic mass is 10.1. The van der Waals surface area contributed by atoms with Crippen molar-refractivity contribution in [2.24, 2.45) is 5.73 Å². The highest BCUT2D eigenvalue weighted by Gasteiger charge is 2.11. The van der Waals surface area contributed by atoms with Gasteiger partial charge in [-0.15, -0.1) is 0 Å². The predicted molar refractivity (Wildman–Crippen MR) is 86.5 cm³/mol. The summed E-state index contributed by atoms with van der Waals surface area (Å²) in [6.07, 6.45) is 0. The molecule has 106 valence electrons. The maximum Gasteiger partial charge on any atom is 0.257 e. The van der Waals surface area contributed by atoms with E-state index < -0.39 is 0 Å². The molecule has 4 heteroatoms. The molecule has 0 atom stereocenters. The van der Waals surface area contributed by atoms with Crippen molar-refractivity contribution in [3.8, 4) is 11.8 Å². The Morgan fingerprint density at radius 2 is 1.95 bits per heavy atom. The zero-order valence-corrected chi connectivity index (χ0v) is 12.4. The van der Waals surface area contributed by atoms with Crippen molar-refractivity contribution in [3.05, 3.63) is 64.2 Å². The highest BCUT2D eigenvalue weighted by molar-refractivity contribution is 6.35. The van der Waals surface area contributed by atoms with Crippen LogP contribution in [0.25, 0.3) is 0 Å².